The Bertz CT molecular complexity index is 605. The number of carbonyl (C=O) groups is 2. The first kappa shape index (κ1) is 17.2. The molecule has 7 heteroatoms. The van der Waals surface area contributed by atoms with Gasteiger partial charge in [-0.3, -0.25) is 4.79 Å². The van der Waals surface area contributed by atoms with Crippen molar-refractivity contribution >= 4 is 17.6 Å². The molecule has 0 atom stereocenters. The molecule has 0 heterocycles. The number of anilines is 1. The number of methoxy groups -OCH3 is 2. The molecule has 116 valence electrons. The van der Waals surface area contributed by atoms with E-state index in [9.17, 15) is 9.59 Å². The van der Waals surface area contributed by atoms with E-state index in [2.05, 4.69) is 15.4 Å². The van der Waals surface area contributed by atoms with Crippen LogP contribution in [0.1, 0.15) is 10.4 Å². The molecule has 0 aromatic heterocycles. The van der Waals surface area contributed by atoms with Crippen LogP contribution in [0.2, 0.25) is 0 Å². The maximum absolute atomic E-state index is 11.7. The molecule has 0 spiro atoms. The summed E-state index contributed by atoms with van der Waals surface area (Å²) in [5.41, 5.74) is 0.837. The normalized spacial score (nSPS) is 10.5. The van der Waals surface area contributed by atoms with Crippen molar-refractivity contribution in [3.8, 4) is 6.07 Å². The van der Waals surface area contributed by atoms with E-state index in [-0.39, 0.29) is 5.57 Å². The molecule has 1 amide bonds. The third kappa shape index (κ3) is 5.26. The van der Waals surface area contributed by atoms with Crippen molar-refractivity contribution in [2.75, 3.05) is 32.7 Å². The van der Waals surface area contributed by atoms with Gasteiger partial charge < -0.3 is 20.1 Å². The SMILES string of the molecule is COCCNC(=O)/C(C#N)=C\Nc1cccc(C(=O)OC)c1. The topological polar surface area (TPSA) is 100 Å². The molecule has 1 aromatic carbocycles. The minimum absolute atomic E-state index is 0.0837. The number of hydrogen-bond donors (Lipinski definition) is 2. The van der Waals surface area contributed by atoms with Gasteiger partial charge in [-0.05, 0) is 18.2 Å². The van der Waals surface area contributed by atoms with Gasteiger partial charge in [0.1, 0.15) is 11.6 Å². The fraction of sp³-hybridized carbons (Fsp3) is 0.267. The second-order valence-corrected chi connectivity index (χ2v) is 4.14. The number of carbonyl (C=O) groups excluding carboxylic acids is 2. The van der Waals surface area contributed by atoms with Gasteiger partial charge in [-0.25, -0.2) is 4.79 Å². The van der Waals surface area contributed by atoms with Crippen LogP contribution in [0.15, 0.2) is 36.0 Å². The highest BCUT2D eigenvalue weighted by molar-refractivity contribution is 5.97. The van der Waals surface area contributed by atoms with E-state index < -0.39 is 11.9 Å². The summed E-state index contributed by atoms with van der Waals surface area (Å²) in [6, 6.07) is 8.31. The summed E-state index contributed by atoms with van der Waals surface area (Å²) in [6.07, 6.45) is 1.28. The van der Waals surface area contributed by atoms with Crippen LogP contribution in [-0.2, 0) is 14.3 Å². The molecule has 1 rings (SSSR count). The molecule has 1 aromatic rings. The number of hydrogen-bond acceptors (Lipinski definition) is 6. The Labute approximate surface area is 128 Å². The van der Waals surface area contributed by atoms with E-state index in [1.54, 1.807) is 30.3 Å². The Morgan fingerprint density at radius 2 is 2.14 bits per heavy atom. The first-order chi connectivity index (χ1) is 10.6. The lowest BCUT2D eigenvalue weighted by atomic mass is 10.2. The number of benzene rings is 1. The second-order valence-electron chi connectivity index (χ2n) is 4.14. The van der Waals surface area contributed by atoms with Gasteiger partial charge in [-0.2, -0.15) is 5.26 Å². The predicted octanol–water partition coefficient (Wildman–Crippen LogP) is 1.06. The number of nitrogens with one attached hydrogen (secondary N) is 2. The Morgan fingerprint density at radius 1 is 1.36 bits per heavy atom. The molecule has 0 aliphatic rings. The van der Waals surface area contributed by atoms with Gasteiger partial charge in [0, 0.05) is 25.5 Å². The standard InChI is InChI=1S/C15H17N3O4/c1-21-7-6-17-14(19)12(9-16)10-18-13-5-3-4-11(8-13)15(20)22-2/h3-5,8,10,18H,6-7H2,1-2H3,(H,17,19)/b12-10-. The van der Waals surface area contributed by atoms with Crippen molar-refractivity contribution in [1.29, 1.82) is 5.26 Å². The minimum atomic E-state index is -0.504. The van der Waals surface area contributed by atoms with Gasteiger partial charge in [0.2, 0.25) is 0 Å². The predicted molar refractivity (Wildman–Crippen MR) is 80.0 cm³/mol. The summed E-state index contributed by atoms with van der Waals surface area (Å²) in [5.74, 6) is -0.971. The number of esters is 1. The van der Waals surface area contributed by atoms with Crippen LogP contribution in [0.3, 0.4) is 0 Å². The number of amides is 1. The zero-order valence-electron chi connectivity index (χ0n) is 12.4. The van der Waals surface area contributed by atoms with Crippen LogP contribution in [-0.4, -0.2) is 39.2 Å². The highest BCUT2D eigenvalue weighted by atomic mass is 16.5. The fourth-order valence-electron chi connectivity index (χ4n) is 1.52. The summed E-state index contributed by atoms with van der Waals surface area (Å²) in [6.45, 7) is 0.672. The molecule has 0 aliphatic carbocycles. The molecule has 7 nitrogen and oxygen atoms in total. The Kier molecular flexibility index (Phi) is 7.16. The lowest BCUT2D eigenvalue weighted by Crippen LogP contribution is -2.28. The number of nitrogens with zero attached hydrogens (tertiary/aromatic N) is 1. The van der Waals surface area contributed by atoms with Crippen molar-refractivity contribution in [2.24, 2.45) is 0 Å². The van der Waals surface area contributed by atoms with Crippen molar-refractivity contribution < 1.29 is 19.1 Å². The lowest BCUT2D eigenvalue weighted by molar-refractivity contribution is -0.117. The molecule has 0 saturated heterocycles. The molecule has 0 radical (unpaired) electrons. The van der Waals surface area contributed by atoms with E-state index >= 15 is 0 Å². The fourth-order valence-corrected chi connectivity index (χ4v) is 1.52. The van der Waals surface area contributed by atoms with E-state index in [4.69, 9.17) is 10.00 Å². The number of nitriles is 1. The average molecular weight is 303 g/mol. The first-order valence-electron chi connectivity index (χ1n) is 6.44. The average Bonchev–Trinajstić information content (AvgIpc) is 2.55. The Balaban J connectivity index is 2.74. The summed E-state index contributed by atoms with van der Waals surface area (Å²) >= 11 is 0. The Hall–Kier alpha value is -2.85. The van der Waals surface area contributed by atoms with Crippen LogP contribution >= 0.6 is 0 Å². The highest BCUT2D eigenvalue weighted by Crippen LogP contribution is 2.12. The maximum atomic E-state index is 11.7. The summed E-state index contributed by atoms with van der Waals surface area (Å²) < 4.78 is 9.43. The summed E-state index contributed by atoms with van der Waals surface area (Å²) in [7, 11) is 2.81. The van der Waals surface area contributed by atoms with Gasteiger partial charge in [0.15, 0.2) is 0 Å². The van der Waals surface area contributed by atoms with E-state index in [0.717, 1.165) is 0 Å². The highest BCUT2D eigenvalue weighted by Gasteiger charge is 2.08. The van der Waals surface area contributed by atoms with E-state index in [1.807, 2.05) is 0 Å². The van der Waals surface area contributed by atoms with Gasteiger partial charge in [0.05, 0.1) is 19.3 Å². The van der Waals surface area contributed by atoms with Crippen LogP contribution < -0.4 is 10.6 Å². The minimum Gasteiger partial charge on any atom is -0.465 e. The second kappa shape index (κ2) is 9.15. The van der Waals surface area contributed by atoms with Crippen LogP contribution in [0.25, 0.3) is 0 Å². The molecular weight excluding hydrogens is 286 g/mol. The largest absolute Gasteiger partial charge is 0.465 e. The molecule has 0 unspecified atom stereocenters. The third-order valence-corrected chi connectivity index (χ3v) is 2.62. The van der Waals surface area contributed by atoms with Gasteiger partial charge >= 0.3 is 5.97 Å². The number of ether oxygens (including phenoxy) is 2. The van der Waals surface area contributed by atoms with Crippen molar-refractivity contribution in [3.63, 3.8) is 0 Å². The van der Waals surface area contributed by atoms with Crippen LogP contribution in [0.4, 0.5) is 5.69 Å². The van der Waals surface area contributed by atoms with Crippen molar-refractivity contribution in [3.05, 3.63) is 41.6 Å². The van der Waals surface area contributed by atoms with Crippen molar-refractivity contribution in [1.82, 2.24) is 5.32 Å². The third-order valence-electron chi connectivity index (χ3n) is 2.62. The zero-order valence-corrected chi connectivity index (χ0v) is 12.4. The summed E-state index contributed by atoms with van der Waals surface area (Å²) in [5, 5.41) is 14.3. The maximum Gasteiger partial charge on any atom is 0.337 e. The first-order valence-corrected chi connectivity index (χ1v) is 6.44. The van der Waals surface area contributed by atoms with E-state index in [1.165, 1.54) is 20.4 Å². The smallest absolute Gasteiger partial charge is 0.337 e. The molecule has 0 fully saturated rings. The molecule has 0 saturated carbocycles. The molecule has 0 bridgehead atoms. The van der Waals surface area contributed by atoms with Gasteiger partial charge in [0.25, 0.3) is 5.91 Å². The quantitative estimate of drug-likeness (QED) is 0.338. The molecule has 0 aliphatic heterocycles. The van der Waals surface area contributed by atoms with Crippen LogP contribution in [0.5, 0.6) is 0 Å². The van der Waals surface area contributed by atoms with E-state index in [0.29, 0.717) is 24.4 Å². The van der Waals surface area contributed by atoms with Gasteiger partial charge in [-0.1, -0.05) is 6.07 Å². The lowest BCUT2D eigenvalue weighted by Gasteiger charge is -2.06. The molecule has 22 heavy (non-hydrogen) atoms. The Morgan fingerprint density at radius 3 is 2.77 bits per heavy atom. The van der Waals surface area contributed by atoms with Crippen molar-refractivity contribution in [2.45, 2.75) is 0 Å². The van der Waals surface area contributed by atoms with Crippen LogP contribution in [0, 0.1) is 11.3 Å². The molecular formula is C15H17N3O4. The zero-order chi connectivity index (χ0) is 16.4. The summed E-state index contributed by atoms with van der Waals surface area (Å²) in [4.78, 5) is 23.1. The molecule has 2 N–H and O–H groups in total. The monoisotopic (exact) mass is 303 g/mol. The number of rotatable bonds is 7. The van der Waals surface area contributed by atoms with Gasteiger partial charge in [-0.15, -0.1) is 0 Å².